The van der Waals surface area contributed by atoms with Crippen LogP contribution in [0, 0.1) is 0 Å². The van der Waals surface area contributed by atoms with Crippen LogP contribution in [0.1, 0.15) is 185 Å². The van der Waals surface area contributed by atoms with Crippen LogP contribution in [0.2, 0.25) is 0 Å². The molecule has 0 aliphatic heterocycles. The van der Waals surface area contributed by atoms with Crippen molar-refractivity contribution in [1.29, 1.82) is 0 Å². The summed E-state index contributed by atoms with van der Waals surface area (Å²) in [6.07, 6.45) is 26.9. The number of aliphatic hydroxyl groups is 2. The average molecular weight is 749 g/mol. The largest absolute Gasteiger partial charge is 0.508 e. The number of nitrogens with zero attached hydrogens (tertiary/aromatic N) is 2. The van der Waals surface area contributed by atoms with Crippen LogP contribution in [-0.2, 0) is 9.53 Å². The number of aromatic hydroxyl groups is 1. The van der Waals surface area contributed by atoms with E-state index in [-0.39, 0.29) is 30.1 Å². The second-order valence-electron chi connectivity index (χ2n) is 15.6. The number of unbranched alkanes of at least 4 members (excludes halogenated alkanes) is 18. The second kappa shape index (κ2) is 33.2. The number of carbonyl (C=O) groups excluding carboxylic acids is 2. The minimum absolute atomic E-state index is 0.0888. The number of ether oxygens (including phenoxy) is 2. The molecule has 0 saturated heterocycles. The zero-order valence-electron chi connectivity index (χ0n) is 34.5. The van der Waals surface area contributed by atoms with Crippen LogP contribution in [0.4, 0.5) is 0 Å². The molecular weight excluding hydrogens is 668 g/mol. The van der Waals surface area contributed by atoms with Crippen molar-refractivity contribution < 1.29 is 34.4 Å². The maximum Gasteiger partial charge on any atom is 0.338 e. The third-order valence-electron chi connectivity index (χ3n) is 9.92. The fourth-order valence-corrected chi connectivity index (χ4v) is 6.79. The van der Waals surface area contributed by atoms with Gasteiger partial charge in [-0.15, -0.1) is 0 Å². The molecule has 0 aliphatic carbocycles. The lowest BCUT2D eigenvalue weighted by Gasteiger charge is -2.27. The molecule has 1 aromatic carbocycles. The molecule has 0 bridgehead atoms. The van der Waals surface area contributed by atoms with E-state index in [0.717, 1.165) is 45.1 Å². The molecule has 0 spiro atoms. The van der Waals surface area contributed by atoms with Crippen LogP contribution < -0.4 is 4.74 Å². The first-order valence-corrected chi connectivity index (χ1v) is 21.6. The van der Waals surface area contributed by atoms with E-state index in [2.05, 4.69) is 18.7 Å². The van der Waals surface area contributed by atoms with Gasteiger partial charge in [-0.2, -0.15) is 0 Å². The Balaban J connectivity index is 2.56. The van der Waals surface area contributed by atoms with Crippen LogP contribution in [-0.4, -0.2) is 96.1 Å². The number of hydrogen-bond acceptors (Lipinski definition) is 9. The van der Waals surface area contributed by atoms with Crippen molar-refractivity contribution in [3.63, 3.8) is 0 Å². The summed E-state index contributed by atoms with van der Waals surface area (Å²) in [5, 5.41) is 32.0. The molecule has 1 aromatic rings. The molecular formula is C44H80N2O7. The highest BCUT2D eigenvalue weighted by Crippen LogP contribution is 2.23. The summed E-state index contributed by atoms with van der Waals surface area (Å²) in [6.45, 7) is 7.01. The molecule has 3 N–H and O–H groups in total. The lowest BCUT2D eigenvalue weighted by molar-refractivity contribution is -0.134. The summed E-state index contributed by atoms with van der Waals surface area (Å²) in [6, 6.07) is 4.01. The third-order valence-corrected chi connectivity index (χ3v) is 9.92. The Kier molecular flexibility index (Phi) is 30.5. The van der Waals surface area contributed by atoms with Gasteiger partial charge in [0.2, 0.25) is 0 Å². The number of benzene rings is 1. The van der Waals surface area contributed by atoms with Gasteiger partial charge >= 0.3 is 11.9 Å². The average Bonchev–Trinajstić information content (AvgIpc) is 3.11. The quantitative estimate of drug-likeness (QED) is 0.0350. The molecule has 9 nitrogen and oxygen atoms in total. The molecule has 0 aliphatic rings. The molecule has 0 amide bonds. The van der Waals surface area contributed by atoms with Gasteiger partial charge < -0.3 is 29.7 Å². The van der Waals surface area contributed by atoms with Crippen LogP contribution in [0.3, 0.4) is 0 Å². The van der Waals surface area contributed by atoms with E-state index in [9.17, 15) is 24.9 Å². The smallest absolute Gasteiger partial charge is 0.338 e. The van der Waals surface area contributed by atoms with Crippen molar-refractivity contribution in [3.8, 4) is 11.5 Å². The van der Waals surface area contributed by atoms with E-state index in [0.29, 0.717) is 32.5 Å². The summed E-state index contributed by atoms with van der Waals surface area (Å²) < 4.78 is 10.8. The topological polar surface area (TPSA) is 120 Å². The fraction of sp³-hybridized carbons (Fsp3) is 0.818. The van der Waals surface area contributed by atoms with Gasteiger partial charge in [0, 0.05) is 32.1 Å². The molecule has 53 heavy (non-hydrogen) atoms. The minimum atomic E-state index is -0.583. The van der Waals surface area contributed by atoms with Crippen molar-refractivity contribution >= 4 is 11.9 Å². The lowest BCUT2D eigenvalue weighted by Crippen LogP contribution is -2.39. The van der Waals surface area contributed by atoms with E-state index in [1.807, 2.05) is 19.0 Å². The predicted octanol–water partition coefficient (Wildman–Crippen LogP) is 9.83. The Bertz CT molecular complexity index is 1010. The molecule has 2 atom stereocenters. The van der Waals surface area contributed by atoms with Gasteiger partial charge in [0.05, 0.1) is 24.4 Å². The lowest BCUT2D eigenvalue weighted by atomic mass is 10.0. The predicted molar refractivity (Wildman–Crippen MR) is 218 cm³/mol. The zero-order valence-corrected chi connectivity index (χ0v) is 34.5. The van der Waals surface area contributed by atoms with Gasteiger partial charge in [0.25, 0.3) is 0 Å². The number of hydrogen-bond donors (Lipinski definition) is 3. The molecule has 0 radical (unpaired) electrons. The minimum Gasteiger partial charge on any atom is -0.508 e. The Hall–Kier alpha value is -2.20. The van der Waals surface area contributed by atoms with E-state index < -0.39 is 24.1 Å². The first-order chi connectivity index (χ1) is 25.6. The van der Waals surface area contributed by atoms with Crippen molar-refractivity contribution in [2.45, 2.75) is 187 Å². The molecule has 0 heterocycles. The van der Waals surface area contributed by atoms with Crippen LogP contribution in [0.15, 0.2) is 18.2 Å². The van der Waals surface area contributed by atoms with E-state index in [1.54, 1.807) is 0 Å². The molecule has 308 valence electrons. The van der Waals surface area contributed by atoms with Crippen LogP contribution in [0.5, 0.6) is 11.5 Å². The number of carbonyl (C=O) groups is 2. The molecule has 9 heteroatoms. The number of phenolic OH excluding ortho intramolecular Hbond substituents is 1. The van der Waals surface area contributed by atoms with Gasteiger partial charge in [0.15, 0.2) is 0 Å². The Morgan fingerprint density at radius 1 is 0.623 bits per heavy atom. The summed E-state index contributed by atoms with van der Waals surface area (Å²) in [7, 11) is 3.89. The third kappa shape index (κ3) is 28.9. The number of phenols is 1. The van der Waals surface area contributed by atoms with Gasteiger partial charge in [-0.1, -0.05) is 142 Å². The monoisotopic (exact) mass is 749 g/mol. The van der Waals surface area contributed by atoms with Gasteiger partial charge in [-0.25, -0.2) is 4.79 Å². The Morgan fingerprint density at radius 3 is 1.57 bits per heavy atom. The molecule has 0 saturated carbocycles. The van der Waals surface area contributed by atoms with Gasteiger partial charge in [0.1, 0.15) is 11.5 Å². The van der Waals surface area contributed by atoms with Crippen LogP contribution >= 0.6 is 0 Å². The number of aliphatic hydroxyl groups excluding tert-OH is 2. The fourth-order valence-electron chi connectivity index (χ4n) is 6.79. The Labute approximate surface area is 324 Å². The highest BCUT2D eigenvalue weighted by molar-refractivity contribution is 5.90. The van der Waals surface area contributed by atoms with Crippen molar-refractivity contribution in [1.82, 2.24) is 9.80 Å². The number of esters is 2. The number of rotatable bonds is 36. The van der Waals surface area contributed by atoms with E-state index >= 15 is 0 Å². The molecule has 1 rings (SSSR count). The second-order valence-corrected chi connectivity index (χ2v) is 15.6. The van der Waals surface area contributed by atoms with Crippen molar-refractivity contribution in [3.05, 3.63) is 23.8 Å². The normalized spacial score (nSPS) is 12.8. The van der Waals surface area contributed by atoms with Crippen molar-refractivity contribution in [2.24, 2.45) is 0 Å². The zero-order chi connectivity index (χ0) is 38.9. The van der Waals surface area contributed by atoms with Crippen molar-refractivity contribution in [2.75, 3.05) is 46.9 Å². The standard InChI is InChI=1S/C44H80N2O7/c1-5-7-9-11-13-15-17-19-21-23-27-39(47)36-46(37-40(48)28-24-22-20-18-16-14-12-10-8-6-2)31-25-29-43(50)53-42-34-38(33-41(49)35-42)44(51)52-32-26-30-45(3)4/h33-35,39-40,47-49H,5-32,36-37H2,1-4H3. The maximum atomic E-state index is 12.8. The molecule has 0 aromatic heterocycles. The van der Waals surface area contributed by atoms with E-state index in [4.69, 9.17) is 9.47 Å². The van der Waals surface area contributed by atoms with E-state index in [1.165, 1.54) is 121 Å². The first-order valence-electron chi connectivity index (χ1n) is 21.6. The molecule has 0 fully saturated rings. The highest BCUT2D eigenvalue weighted by atomic mass is 16.5. The summed E-state index contributed by atoms with van der Waals surface area (Å²) >= 11 is 0. The summed E-state index contributed by atoms with van der Waals surface area (Å²) in [5.41, 5.74) is 0.122. The highest BCUT2D eigenvalue weighted by Gasteiger charge is 2.18. The van der Waals surface area contributed by atoms with Gasteiger partial charge in [-0.3, -0.25) is 9.69 Å². The summed E-state index contributed by atoms with van der Waals surface area (Å²) in [4.78, 5) is 29.4. The SMILES string of the molecule is CCCCCCCCCCCCC(O)CN(CCCC(=O)Oc1cc(O)cc(C(=O)OCCCN(C)C)c1)CC(O)CCCCCCCCCCCC. The van der Waals surface area contributed by atoms with Gasteiger partial charge in [-0.05, 0) is 58.5 Å². The molecule has 2 unspecified atom stereocenters. The summed E-state index contributed by atoms with van der Waals surface area (Å²) in [5.74, 6) is -1.15. The Morgan fingerprint density at radius 2 is 1.09 bits per heavy atom. The maximum absolute atomic E-state index is 12.8. The first kappa shape index (κ1) is 48.8. The van der Waals surface area contributed by atoms with Crippen LogP contribution in [0.25, 0.3) is 0 Å².